The molecule has 0 bridgehead atoms. The van der Waals surface area contributed by atoms with Gasteiger partial charge in [-0.2, -0.15) is 13.2 Å². The van der Waals surface area contributed by atoms with Crippen LogP contribution in [0.5, 0.6) is 0 Å². The molecule has 3 nitrogen and oxygen atoms in total. The Morgan fingerprint density at radius 1 is 1.42 bits per heavy atom. The van der Waals surface area contributed by atoms with Crippen LogP contribution in [-0.2, 0) is 11.0 Å². The van der Waals surface area contributed by atoms with Crippen LogP contribution in [0.4, 0.5) is 18.9 Å². The fourth-order valence-corrected chi connectivity index (χ4v) is 2.85. The maximum atomic E-state index is 12.6. The van der Waals surface area contributed by atoms with Crippen molar-refractivity contribution in [1.82, 2.24) is 0 Å². The molecule has 104 valence electrons. The molecule has 1 aliphatic heterocycles. The molecule has 1 aliphatic rings. The lowest BCUT2D eigenvalue weighted by molar-refractivity contribution is -0.137. The number of aliphatic hydroxyl groups excluding tert-OH is 1. The summed E-state index contributed by atoms with van der Waals surface area (Å²) in [4.78, 5) is 13.2. The maximum Gasteiger partial charge on any atom is 0.416 e. The van der Waals surface area contributed by atoms with E-state index in [0.29, 0.717) is 15.8 Å². The van der Waals surface area contributed by atoms with Gasteiger partial charge in [-0.25, -0.2) is 0 Å². The third kappa shape index (κ3) is 3.02. The van der Waals surface area contributed by atoms with Crippen molar-refractivity contribution in [1.29, 1.82) is 0 Å². The van der Waals surface area contributed by atoms with Crippen LogP contribution < -0.4 is 4.90 Å². The monoisotopic (exact) mass is 385 g/mol. The zero-order valence-electron chi connectivity index (χ0n) is 9.75. The fourth-order valence-electron chi connectivity index (χ4n) is 2.04. The predicted molar refractivity (Wildman–Crippen MR) is 71.7 cm³/mol. The number of hydrogen-bond donors (Lipinski definition) is 1. The van der Waals surface area contributed by atoms with Crippen molar-refractivity contribution >= 4 is 34.2 Å². The first-order chi connectivity index (χ1) is 8.82. The van der Waals surface area contributed by atoms with Gasteiger partial charge in [-0.15, -0.1) is 0 Å². The molecule has 1 amide bonds. The first-order valence-electron chi connectivity index (χ1n) is 5.61. The molecular formula is C12H11F3INO2. The molecule has 0 saturated carbocycles. The number of alkyl halides is 3. The van der Waals surface area contributed by atoms with E-state index in [4.69, 9.17) is 5.11 Å². The molecule has 19 heavy (non-hydrogen) atoms. The van der Waals surface area contributed by atoms with Crippen LogP contribution in [0.1, 0.15) is 12.0 Å². The molecule has 0 radical (unpaired) electrons. The van der Waals surface area contributed by atoms with Crippen LogP contribution in [-0.4, -0.2) is 24.2 Å². The van der Waals surface area contributed by atoms with Gasteiger partial charge >= 0.3 is 6.18 Å². The largest absolute Gasteiger partial charge is 0.416 e. The molecule has 1 aromatic carbocycles. The van der Waals surface area contributed by atoms with E-state index in [1.54, 1.807) is 22.6 Å². The van der Waals surface area contributed by atoms with E-state index in [2.05, 4.69) is 0 Å². The number of hydrogen-bond acceptors (Lipinski definition) is 2. The van der Waals surface area contributed by atoms with E-state index < -0.39 is 11.7 Å². The summed E-state index contributed by atoms with van der Waals surface area (Å²) in [6.07, 6.45) is -4.16. The molecule has 1 atom stereocenters. The molecule has 1 N–H and O–H groups in total. The second kappa shape index (κ2) is 5.28. The molecule has 0 aliphatic carbocycles. The van der Waals surface area contributed by atoms with Crippen LogP contribution in [0, 0.1) is 9.49 Å². The molecule has 7 heteroatoms. The highest BCUT2D eigenvalue weighted by atomic mass is 127. The number of carbonyl (C=O) groups is 1. The summed E-state index contributed by atoms with van der Waals surface area (Å²) in [5.74, 6) is -0.317. The van der Waals surface area contributed by atoms with Gasteiger partial charge in [0, 0.05) is 29.1 Å². The number of rotatable bonds is 2. The third-order valence-electron chi connectivity index (χ3n) is 3.03. The fraction of sp³-hybridized carbons (Fsp3) is 0.417. The highest BCUT2D eigenvalue weighted by Crippen LogP contribution is 2.35. The molecule has 1 unspecified atom stereocenters. The lowest BCUT2D eigenvalue weighted by Crippen LogP contribution is -2.26. The number of aliphatic hydroxyl groups is 1. The lowest BCUT2D eigenvalue weighted by atomic mass is 10.1. The zero-order chi connectivity index (χ0) is 14.2. The molecule has 1 heterocycles. The molecular weight excluding hydrogens is 374 g/mol. The van der Waals surface area contributed by atoms with Crippen LogP contribution >= 0.6 is 22.6 Å². The van der Waals surface area contributed by atoms with Crippen molar-refractivity contribution in [3.63, 3.8) is 0 Å². The lowest BCUT2D eigenvalue weighted by Gasteiger charge is -2.19. The van der Waals surface area contributed by atoms with E-state index >= 15 is 0 Å². The topological polar surface area (TPSA) is 40.5 Å². The Kier molecular flexibility index (Phi) is 4.05. The SMILES string of the molecule is O=C1CC(CO)CN1c1ccc(C(F)(F)F)cc1I. The summed E-state index contributed by atoms with van der Waals surface area (Å²) in [5.41, 5.74) is -0.263. The average Bonchev–Trinajstić information content (AvgIpc) is 2.69. The van der Waals surface area contributed by atoms with E-state index in [1.165, 1.54) is 11.0 Å². The Morgan fingerprint density at radius 3 is 2.58 bits per heavy atom. The van der Waals surface area contributed by atoms with E-state index in [0.717, 1.165) is 12.1 Å². The van der Waals surface area contributed by atoms with Gasteiger partial charge in [0.15, 0.2) is 0 Å². The minimum absolute atomic E-state index is 0.0978. The average molecular weight is 385 g/mol. The first-order valence-corrected chi connectivity index (χ1v) is 6.68. The number of amides is 1. The number of halogens is 4. The zero-order valence-corrected chi connectivity index (χ0v) is 11.9. The minimum atomic E-state index is -4.39. The maximum absolute atomic E-state index is 12.6. The summed E-state index contributed by atoms with van der Waals surface area (Å²) < 4.78 is 38.0. The van der Waals surface area contributed by atoms with Crippen LogP contribution in [0.2, 0.25) is 0 Å². The molecule has 0 spiro atoms. The number of carbonyl (C=O) groups excluding carboxylic acids is 1. The van der Waals surface area contributed by atoms with Gasteiger partial charge in [-0.05, 0) is 40.8 Å². The van der Waals surface area contributed by atoms with E-state index in [9.17, 15) is 18.0 Å². The molecule has 1 saturated heterocycles. The second-order valence-electron chi connectivity index (χ2n) is 4.42. The second-order valence-corrected chi connectivity index (χ2v) is 5.58. The Labute approximate surface area is 121 Å². The van der Waals surface area contributed by atoms with Gasteiger partial charge in [-0.1, -0.05) is 0 Å². The Balaban J connectivity index is 2.30. The van der Waals surface area contributed by atoms with Crippen LogP contribution in [0.15, 0.2) is 18.2 Å². The van der Waals surface area contributed by atoms with Gasteiger partial charge < -0.3 is 10.0 Å². The number of anilines is 1. The quantitative estimate of drug-likeness (QED) is 0.796. The van der Waals surface area contributed by atoms with Crippen molar-refractivity contribution in [3.8, 4) is 0 Å². The normalized spacial score (nSPS) is 20.2. The number of nitrogens with zero attached hydrogens (tertiary/aromatic N) is 1. The predicted octanol–water partition coefficient (Wildman–Crippen LogP) is 2.66. The van der Waals surface area contributed by atoms with Gasteiger partial charge in [0.05, 0.1) is 11.3 Å². The van der Waals surface area contributed by atoms with Gasteiger partial charge in [0.2, 0.25) is 5.91 Å². The van der Waals surface area contributed by atoms with E-state index in [1.807, 2.05) is 0 Å². The summed E-state index contributed by atoms with van der Waals surface area (Å²) >= 11 is 1.79. The van der Waals surface area contributed by atoms with Crippen molar-refractivity contribution < 1.29 is 23.1 Å². The highest BCUT2D eigenvalue weighted by Gasteiger charge is 2.34. The molecule has 1 aromatic rings. The van der Waals surface area contributed by atoms with E-state index in [-0.39, 0.29) is 24.9 Å². The molecule has 2 rings (SSSR count). The Bertz CT molecular complexity index is 504. The highest BCUT2D eigenvalue weighted by molar-refractivity contribution is 14.1. The van der Waals surface area contributed by atoms with Crippen molar-refractivity contribution in [3.05, 3.63) is 27.3 Å². The van der Waals surface area contributed by atoms with Gasteiger partial charge in [0.1, 0.15) is 0 Å². The Hall–Kier alpha value is -0.830. The summed E-state index contributed by atoms with van der Waals surface area (Å²) in [6, 6.07) is 3.30. The summed E-state index contributed by atoms with van der Waals surface area (Å²) in [7, 11) is 0. The van der Waals surface area contributed by atoms with Crippen molar-refractivity contribution in [2.75, 3.05) is 18.1 Å². The Morgan fingerprint density at radius 2 is 2.11 bits per heavy atom. The molecule has 1 fully saturated rings. The van der Waals surface area contributed by atoms with Crippen molar-refractivity contribution in [2.45, 2.75) is 12.6 Å². The minimum Gasteiger partial charge on any atom is -0.396 e. The summed E-state index contributed by atoms with van der Waals surface area (Å²) in [5, 5.41) is 9.04. The van der Waals surface area contributed by atoms with Crippen molar-refractivity contribution in [2.24, 2.45) is 5.92 Å². The smallest absolute Gasteiger partial charge is 0.396 e. The van der Waals surface area contributed by atoms with Crippen LogP contribution in [0.3, 0.4) is 0 Å². The van der Waals surface area contributed by atoms with Gasteiger partial charge in [0.25, 0.3) is 0 Å². The standard InChI is InChI=1S/C12H11F3INO2/c13-12(14,15)8-1-2-10(9(16)4-8)17-5-7(6-18)3-11(17)19/h1-2,4,7,18H,3,5-6H2. The third-order valence-corrected chi connectivity index (χ3v) is 3.89. The molecule has 0 aromatic heterocycles. The van der Waals surface area contributed by atoms with Gasteiger partial charge in [-0.3, -0.25) is 4.79 Å². The summed E-state index contributed by atoms with van der Waals surface area (Å²) in [6.45, 7) is 0.246. The first kappa shape index (κ1) is 14.6. The number of benzene rings is 1. The van der Waals surface area contributed by atoms with Crippen LogP contribution in [0.25, 0.3) is 0 Å².